The second kappa shape index (κ2) is 15.6. The molecule has 22 nitrogen and oxygen atoms in total. The van der Waals surface area contributed by atoms with E-state index in [1.165, 1.54) is 0 Å². The molecule has 0 spiro atoms. The van der Waals surface area contributed by atoms with Crippen LogP contribution in [0.25, 0.3) is 11.0 Å². The summed E-state index contributed by atoms with van der Waals surface area (Å²) in [5, 5.41) is 35.5. The van der Waals surface area contributed by atoms with E-state index in [1.807, 2.05) is 0 Å². The third-order valence-corrected chi connectivity index (χ3v) is 7.19. The molecule has 0 radical (unpaired) electrons. The van der Waals surface area contributed by atoms with Crippen molar-refractivity contribution in [2.75, 3.05) is 12.3 Å². The number of aromatic amines is 1. The number of H-pyrrole nitrogens is 1. The topological polar surface area (TPSA) is 447 Å². The van der Waals surface area contributed by atoms with Gasteiger partial charge in [-0.15, -0.1) is 0 Å². The smallest absolute Gasteiger partial charge is 0.271 e. The lowest BCUT2D eigenvalue weighted by Crippen LogP contribution is -2.34. The van der Waals surface area contributed by atoms with Gasteiger partial charge in [-0.3, -0.25) is 18.7 Å². The van der Waals surface area contributed by atoms with Crippen LogP contribution >= 0.6 is 15.6 Å². The van der Waals surface area contributed by atoms with Gasteiger partial charge in [0.15, 0.2) is 11.9 Å². The zero-order valence-corrected chi connectivity index (χ0v) is 24.0. The van der Waals surface area contributed by atoms with Gasteiger partial charge in [0, 0.05) is 5.97 Å². The molecule has 40 heavy (non-hydrogen) atoms. The largest absolute Gasteiger partial charge is 0.790 e. The van der Waals surface area contributed by atoms with Gasteiger partial charge in [0.05, 0.1) is 20.1 Å². The van der Waals surface area contributed by atoms with Crippen LogP contribution in [0.2, 0.25) is 0 Å². The fraction of sp³-hybridized carbons (Fsp3) is 0.625. The molecule has 24 heteroatoms. The maximum absolute atomic E-state index is 12.5. The summed E-state index contributed by atoms with van der Waals surface area (Å²) in [6.45, 7) is -1.05. The van der Waals surface area contributed by atoms with Crippen LogP contribution < -0.4 is 55.7 Å². The minimum absolute atomic E-state index is 0. The number of carboxylic acid groups (broad SMARTS) is 1. The Morgan fingerprint density at radius 3 is 2.30 bits per heavy atom. The molecule has 5 atom stereocenters. The van der Waals surface area contributed by atoms with Crippen molar-refractivity contribution < 1.29 is 57.5 Å². The Hall–Kier alpha value is -2.40. The standard InChI is InChI=1S/C16H25N5O13P2.4H3N/c17-16-18-13-10(14(26)19-16)7(4-2-1-3-5-9(22)23)20-21(13)15-12(25)11(24)8(33-15)6-32-36(30,31)34-35(27,28)29;;;;/h8,11-12,15,24-25H,1-6H2,(H,22,23)(H,30,31)(H2,27,28,29)(H3,17,18,19,26);4*1H3/t8-,11-,12-,15-;;;;/m1..../s1. The van der Waals surface area contributed by atoms with E-state index in [-0.39, 0.29) is 60.1 Å². The molecule has 1 saturated heterocycles. The number of nitrogens with one attached hydrogen (secondary N) is 1. The fourth-order valence-electron chi connectivity index (χ4n) is 3.60. The number of carbonyl (C=O) groups excluding carboxylic acids is 1. The van der Waals surface area contributed by atoms with Crippen LogP contribution in [0.15, 0.2) is 4.79 Å². The summed E-state index contributed by atoms with van der Waals surface area (Å²) >= 11 is 0. The van der Waals surface area contributed by atoms with Gasteiger partial charge >= 0.3 is 0 Å². The number of aliphatic carboxylic acids is 1. The van der Waals surface area contributed by atoms with Gasteiger partial charge in [0.25, 0.3) is 13.4 Å². The third kappa shape index (κ3) is 9.90. The Balaban J connectivity index is 0. The van der Waals surface area contributed by atoms with Crippen LogP contribution in [-0.4, -0.2) is 60.8 Å². The number of nitrogen functional groups attached to an aromatic ring is 1. The predicted molar refractivity (Wildman–Crippen MR) is 132 cm³/mol. The molecule has 234 valence electrons. The number of ether oxygens (including phenoxy) is 1. The number of carboxylic acids is 1. The summed E-state index contributed by atoms with van der Waals surface area (Å²) < 4.78 is 36.0. The average Bonchev–Trinajstić information content (AvgIpc) is 3.22. The van der Waals surface area contributed by atoms with Gasteiger partial charge in [0.2, 0.25) is 5.95 Å². The van der Waals surface area contributed by atoms with Gasteiger partial charge in [-0.05, 0) is 25.7 Å². The molecule has 0 amide bonds. The molecule has 1 fully saturated rings. The number of anilines is 1. The lowest BCUT2D eigenvalue weighted by Gasteiger charge is -2.35. The molecule has 3 heterocycles. The second-order valence-corrected chi connectivity index (χ2v) is 10.5. The van der Waals surface area contributed by atoms with Crippen molar-refractivity contribution in [1.29, 1.82) is 0 Å². The van der Waals surface area contributed by atoms with E-state index in [0.717, 1.165) is 4.68 Å². The summed E-state index contributed by atoms with van der Waals surface area (Å²) in [6, 6.07) is 0. The van der Waals surface area contributed by atoms with Crippen LogP contribution in [0.4, 0.5) is 5.95 Å². The Morgan fingerprint density at radius 1 is 1.10 bits per heavy atom. The number of hydrogen-bond acceptors (Lipinski definition) is 16. The number of aliphatic hydroxyl groups excluding tert-OH is 2. The van der Waals surface area contributed by atoms with Crippen molar-refractivity contribution in [3.63, 3.8) is 0 Å². The highest BCUT2D eigenvalue weighted by Gasteiger charge is 2.45. The van der Waals surface area contributed by atoms with Crippen molar-refractivity contribution in [2.24, 2.45) is 0 Å². The van der Waals surface area contributed by atoms with Gasteiger partial charge in [0.1, 0.15) is 23.7 Å². The summed E-state index contributed by atoms with van der Waals surface area (Å²) in [5.74, 6) is -1.49. The van der Waals surface area contributed by atoms with E-state index in [1.54, 1.807) is 0 Å². The first kappa shape index (κ1) is 39.7. The van der Waals surface area contributed by atoms with Crippen molar-refractivity contribution in [1.82, 2.24) is 44.4 Å². The van der Waals surface area contributed by atoms with Crippen molar-refractivity contribution in [3.05, 3.63) is 16.0 Å². The van der Waals surface area contributed by atoms with Gasteiger partial charge in [-0.2, -0.15) is 10.1 Å². The molecule has 0 bridgehead atoms. The van der Waals surface area contributed by atoms with Crippen molar-refractivity contribution in [3.8, 4) is 0 Å². The lowest BCUT2D eigenvalue weighted by atomic mass is 10.1. The number of phosphoric acid groups is 2. The molecule has 3 rings (SSSR count). The Bertz CT molecular complexity index is 1270. The van der Waals surface area contributed by atoms with E-state index in [0.29, 0.717) is 19.3 Å². The highest BCUT2D eigenvalue weighted by molar-refractivity contribution is 7.58. The molecular formula is C16H37N9O13P2. The molecule has 2 aromatic rings. The van der Waals surface area contributed by atoms with E-state index >= 15 is 0 Å². The van der Waals surface area contributed by atoms with Gasteiger partial charge in [-0.1, -0.05) is 6.42 Å². The highest BCUT2D eigenvalue weighted by Crippen LogP contribution is 2.50. The predicted octanol–water partition coefficient (Wildman–Crippen LogP) is -2.99. The zero-order chi connectivity index (χ0) is 26.8. The lowest BCUT2D eigenvalue weighted by molar-refractivity contribution is -0.340. The highest BCUT2D eigenvalue weighted by atomic mass is 31.3. The normalized spacial score (nSPS) is 21.8. The number of hydrogen-bond donors (Lipinski definition) is 8. The monoisotopic (exact) mass is 625 g/mol. The van der Waals surface area contributed by atoms with E-state index in [2.05, 4.69) is 23.9 Å². The summed E-state index contributed by atoms with van der Waals surface area (Å²) in [5.41, 5.74) is 5.02. The minimum atomic E-state index is -5.94. The molecule has 21 N–H and O–H groups in total. The number of aryl methyl sites for hydroxylation is 1. The number of unbranched alkanes of at least 4 members (excludes halogenated alkanes) is 2. The summed E-state index contributed by atoms with van der Waals surface area (Å²) in [6.07, 6.45) is -5.33. The first-order chi connectivity index (χ1) is 16.7. The average molecular weight is 625 g/mol. The second-order valence-electron chi connectivity index (χ2n) is 7.79. The van der Waals surface area contributed by atoms with Crippen LogP contribution in [0.1, 0.15) is 37.6 Å². The maximum atomic E-state index is 12.5. The molecule has 0 aromatic carbocycles. The number of rotatable bonds is 12. The molecule has 1 aliphatic heterocycles. The van der Waals surface area contributed by atoms with Crippen LogP contribution in [0, 0.1) is 0 Å². The number of aliphatic hydroxyl groups is 2. The number of carbonyl (C=O) groups is 1. The number of nitrogens with two attached hydrogens (primary N) is 1. The number of nitrogens with zero attached hydrogens (tertiary/aromatic N) is 3. The summed E-state index contributed by atoms with van der Waals surface area (Å²) in [7, 11) is -11.6. The maximum Gasteiger partial charge on any atom is 0.271 e. The molecule has 2 aromatic heterocycles. The SMILES string of the molecule is Nc1nc2c(c(CCCCCC(=O)[O-])nn2[C@@H]2O[C@H](COP(=O)([O-])OP(=O)([O-])[O-])[C@@H](O)[C@H]2O)c(=O)[nH]1.[NH4+].[NH4+].[NH4+].[NH4+]. The molecular weight excluding hydrogens is 588 g/mol. The van der Waals surface area contributed by atoms with Crippen molar-refractivity contribution in [2.45, 2.75) is 56.6 Å². The zero-order valence-electron chi connectivity index (χ0n) is 22.3. The number of aromatic nitrogens is 4. The quantitative estimate of drug-likeness (QED) is 0.0860. The number of quaternary nitrogens is 4. The molecule has 0 aliphatic carbocycles. The number of fused-ring (bicyclic) bond motifs is 1. The summed E-state index contributed by atoms with van der Waals surface area (Å²) in [4.78, 5) is 61.9. The molecule has 0 saturated carbocycles. The molecule has 1 aliphatic rings. The van der Waals surface area contributed by atoms with E-state index in [9.17, 15) is 48.7 Å². The van der Waals surface area contributed by atoms with E-state index in [4.69, 9.17) is 10.5 Å². The van der Waals surface area contributed by atoms with Crippen molar-refractivity contribution >= 4 is 38.6 Å². The van der Waals surface area contributed by atoms with Gasteiger partial charge < -0.3 is 79.0 Å². The minimum Gasteiger partial charge on any atom is -0.790 e. The third-order valence-electron chi connectivity index (χ3n) is 5.12. The van der Waals surface area contributed by atoms with Crippen LogP contribution in [0.3, 0.4) is 0 Å². The fourth-order valence-corrected chi connectivity index (χ4v) is 5.10. The van der Waals surface area contributed by atoms with Crippen LogP contribution in [-0.2, 0) is 33.9 Å². The first-order valence-corrected chi connectivity index (χ1v) is 13.3. The molecule has 1 unspecified atom stereocenters. The first-order valence-electron chi connectivity index (χ1n) is 10.4. The number of phosphoric ester groups is 1. The van der Waals surface area contributed by atoms with E-state index < -0.39 is 58.3 Å². The Morgan fingerprint density at radius 2 is 1.73 bits per heavy atom. The Kier molecular flexibility index (Phi) is 15.5. The Labute approximate surface area is 226 Å². The van der Waals surface area contributed by atoms with Crippen LogP contribution in [0.5, 0.6) is 0 Å². The van der Waals surface area contributed by atoms with Gasteiger partial charge in [-0.25, -0.2) is 4.68 Å².